The highest BCUT2D eigenvalue weighted by atomic mass is 31.2. The molecule has 1 rings (SSSR count). The minimum absolute atomic E-state index is 0.165. The third kappa shape index (κ3) is 5.22. The number of carbonyl (C=O) groups is 2. The number of carboxylic acid groups (broad SMARTS) is 1. The molecule has 0 aliphatic carbocycles. The van der Waals surface area contributed by atoms with Crippen LogP contribution in [0.4, 0.5) is 5.69 Å². The van der Waals surface area contributed by atoms with Gasteiger partial charge in [0.25, 0.3) is 0 Å². The highest BCUT2D eigenvalue weighted by molar-refractivity contribution is 7.81. The molecule has 1 aromatic carbocycles. The SMILES string of the molecule is NCCC[P+](O)(O)C(=O)c1ccc(OCC(=O)O)c([N+](=O)[O-])c1. The molecule has 10 nitrogen and oxygen atoms in total. The van der Waals surface area contributed by atoms with Crippen LogP contribution in [-0.2, 0) is 4.79 Å². The monoisotopic (exact) mass is 347 g/mol. The van der Waals surface area contributed by atoms with E-state index >= 15 is 0 Å². The van der Waals surface area contributed by atoms with Crippen LogP contribution in [0.15, 0.2) is 18.2 Å². The maximum absolute atomic E-state index is 12.1. The number of nitro benzene ring substituents is 1. The fourth-order valence-corrected chi connectivity index (χ4v) is 3.05. The van der Waals surface area contributed by atoms with Crippen LogP contribution in [0.3, 0.4) is 0 Å². The highest BCUT2D eigenvalue weighted by Gasteiger charge is 2.44. The number of aliphatic carboxylic acids is 1. The van der Waals surface area contributed by atoms with Crippen LogP contribution in [-0.4, -0.2) is 50.6 Å². The summed E-state index contributed by atoms with van der Waals surface area (Å²) in [5.74, 6) is -1.66. The lowest BCUT2D eigenvalue weighted by molar-refractivity contribution is -0.385. The summed E-state index contributed by atoms with van der Waals surface area (Å²) in [6, 6.07) is 2.97. The summed E-state index contributed by atoms with van der Waals surface area (Å²) in [6.07, 6.45) is 0.00180. The first-order valence-corrected chi connectivity index (χ1v) is 8.28. The fourth-order valence-electron chi connectivity index (χ4n) is 1.67. The quantitative estimate of drug-likeness (QED) is 0.280. The Morgan fingerprint density at radius 1 is 1.35 bits per heavy atom. The Bertz CT molecular complexity index is 619. The molecule has 0 amide bonds. The predicted molar refractivity (Wildman–Crippen MR) is 80.5 cm³/mol. The number of nitrogens with zero attached hydrogens (tertiary/aromatic N) is 1. The third-order valence-corrected chi connectivity index (χ3v) is 4.60. The van der Waals surface area contributed by atoms with Crippen LogP contribution in [0.2, 0.25) is 0 Å². The van der Waals surface area contributed by atoms with Crippen LogP contribution in [0, 0.1) is 10.1 Å². The van der Waals surface area contributed by atoms with E-state index in [4.69, 9.17) is 15.6 Å². The zero-order valence-electron chi connectivity index (χ0n) is 11.9. The number of hydrogen-bond acceptors (Lipinski definition) is 8. The third-order valence-electron chi connectivity index (χ3n) is 2.75. The number of carbonyl (C=O) groups excluding carboxylic acids is 1. The van der Waals surface area contributed by atoms with Gasteiger partial charge >= 0.3 is 24.9 Å². The first-order valence-electron chi connectivity index (χ1n) is 6.40. The van der Waals surface area contributed by atoms with Crippen molar-refractivity contribution in [1.29, 1.82) is 0 Å². The number of carboxylic acids is 1. The van der Waals surface area contributed by atoms with Gasteiger partial charge in [-0.1, -0.05) is 0 Å². The number of ether oxygens (including phenoxy) is 1. The molecule has 0 saturated carbocycles. The maximum atomic E-state index is 12.1. The van der Waals surface area contributed by atoms with E-state index in [1.165, 1.54) is 0 Å². The van der Waals surface area contributed by atoms with Crippen molar-refractivity contribution in [2.75, 3.05) is 19.3 Å². The van der Waals surface area contributed by atoms with Crippen molar-refractivity contribution >= 4 is 24.9 Å². The topological polar surface area (TPSA) is 173 Å². The van der Waals surface area contributed by atoms with Gasteiger partial charge in [0.15, 0.2) is 12.4 Å². The Morgan fingerprint density at radius 2 is 2.00 bits per heavy atom. The second-order valence-electron chi connectivity index (χ2n) is 4.52. The van der Waals surface area contributed by atoms with Gasteiger partial charge in [-0.3, -0.25) is 10.1 Å². The average molecular weight is 347 g/mol. The molecular formula is C12H16N2O8P+. The molecule has 0 aromatic heterocycles. The molecule has 11 heteroatoms. The minimum atomic E-state index is -3.94. The van der Waals surface area contributed by atoms with Gasteiger partial charge in [-0.05, 0) is 25.1 Å². The molecule has 23 heavy (non-hydrogen) atoms. The minimum Gasteiger partial charge on any atom is -0.479 e. The molecule has 0 spiro atoms. The number of nitrogens with two attached hydrogens (primary N) is 1. The van der Waals surface area contributed by atoms with Crippen molar-refractivity contribution in [2.24, 2.45) is 5.73 Å². The molecule has 0 fully saturated rings. The molecule has 0 heterocycles. The van der Waals surface area contributed by atoms with E-state index < -0.39 is 36.4 Å². The lowest BCUT2D eigenvalue weighted by atomic mass is 10.2. The summed E-state index contributed by atoms with van der Waals surface area (Å²) in [4.78, 5) is 52.3. The van der Waals surface area contributed by atoms with Gasteiger partial charge in [-0.15, -0.1) is 0 Å². The van der Waals surface area contributed by atoms with Gasteiger partial charge in [0.05, 0.1) is 10.5 Å². The Hall–Kier alpha value is -2.13. The van der Waals surface area contributed by atoms with Crippen molar-refractivity contribution in [3.05, 3.63) is 33.9 Å². The zero-order valence-corrected chi connectivity index (χ0v) is 12.8. The summed E-state index contributed by atoms with van der Waals surface area (Å²) >= 11 is 0. The molecule has 5 N–H and O–H groups in total. The summed E-state index contributed by atoms with van der Waals surface area (Å²) in [7, 11) is -3.94. The Balaban J connectivity index is 3.10. The highest BCUT2D eigenvalue weighted by Crippen LogP contribution is 2.53. The zero-order chi connectivity index (χ0) is 17.6. The first-order chi connectivity index (χ1) is 10.7. The van der Waals surface area contributed by atoms with Gasteiger partial charge in [0.1, 0.15) is 6.16 Å². The number of rotatable bonds is 9. The van der Waals surface area contributed by atoms with E-state index in [-0.39, 0.29) is 30.4 Å². The first kappa shape index (κ1) is 18.9. The van der Waals surface area contributed by atoms with Crippen LogP contribution in [0.5, 0.6) is 5.75 Å². The lowest BCUT2D eigenvalue weighted by Gasteiger charge is -2.11. The number of nitro groups is 1. The average Bonchev–Trinajstić information content (AvgIpc) is 2.49. The lowest BCUT2D eigenvalue weighted by Crippen LogP contribution is -2.14. The van der Waals surface area contributed by atoms with Gasteiger partial charge in [0, 0.05) is 6.07 Å². The molecular weight excluding hydrogens is 331 g/mol. The largest absolute Gasteiger partial charge is 0.479 e. The Morgan fingerprint density at radius 3 is 2.52 bits per heavy atom. The molecule has 0 bridgehead atoms. The number of hydrogen-bond donors (Lipinski definition) is 4. The molecule has 1 aromatic rings. The van der Waals surface area contributed by atoms with E-state index in [0.29, 0.717) is 0 Å². The summed E-state index contributed by atoms with van der Waals surface area (Å²) in [5, 5.41) is 19.5. The maximum Gasteiger partial charge on any atom is 0.357 e. The summed E-state index contributed by atoms with van der Waals surface area (Å²) in [5.41, 5.74) is 3.32. The van der Waals surface area contributed by atoms with Crippen molar-refractivity contribution in [2.45, 2.75) is 6.42 Å². The molecule has 126 valence electrons. The summed E-state index contributed by atoms with van der Waals surface area (Å²) in [6.45, 7) is -0.625. The molecule has 0 atom stereocenters. The predicted octanol–water partition coefficient (Wildman–Crippen LogP) is 0.379. The van der Waals surface area contributed by atoms with E-state index in [0.717, 1.165) is 18.2 Å². The normalized spacial score (nSPS) is 11.1. The van der Waals surface area contributed by atoms with Crippen LogP contribution < -0.4 is 10.5 Å². The van der Waals surface area contributed by atoms with Crippen molar-refractivity contribution in [3.63, 3.8) is 0 Å². The van der Waals surface area contributed by atoms with Crippen molar-refractivity contribution in [3.8, 4) is 5.75 Å². The molecule has 0 unspecified atom stereocenters. The van der Waals surface area contributed by atoms with Crippen LogP contribution in [0.25, 0.3) is 0 Å². The summed E-state index contributed by atoms with van der Waals surface area (Å²) < 4.78 is 4.76. The number of benzene rings is 1. The fraction of sp³-hybridized carbons (Fsp3) is 0.333. The Labute approximate surface area is 131 Å². The van der Waals surface area contributed by atoms with Gasteiger partial charge in [-0.2, -0.15) is 0 Å². The second kappa shape index (κ2) is 7.93. The second-order valence-corrected chi connectivity index (χ2v) is 6.84. The molecule has 0 radical (unpaired) electrons. The van der Waals surface area contributed by atoms with E-state index in [1.807, 2.05) is 0 Å². The van der Waals surface area contributed by atoms with E-state index in [9.17, 15) is 29.5 Å². The molecule has 0 saturated heterocycles. The van der Waals surface area contributed by atoms with E-state index in [1.54, 1.807) is 0 Å². The Kier molecular flexibility index (Phi) is 6.52. The van der Waals surface area contributed by atoms with Gasteiger partial charge in [0.2, 0.25) is 0 Å². The van der Waals surface area contributed by atoms with Gasteiger partial charge in [-0.25, -0.2) is 19.4 Å². The van der Waals surface area contributed by atoms with Gasteiger partial charge < -0.3 is 15.6 Å². The molecule has 0 aliphatic rings. The van der Waals surface area contributed by atoms with Crippen molar-refractivity contribution < 1.29 is 34.1 Å². The molecule has 0 aliphatic heterocycles. The van der Waals surface area contributed by atoms with Crippen LogP contribution in [0.1, 0.15) is 16.8 Å². The smallest absolute Gasteiger partial charge is 0.357 e. The van der Waals surface area contributed by atoms with Crippen molar-refractivity contribution in [1.82, 2.24) is 0 Å². The standard InChI is InChI=1S/C12H15N2O8P/c13-4-1-5-23(20,21)12(17)8-2-3-10(22-7-11(15)16)9(6-8)14(18)19/h2-3,6,20-21H,1,4-5,7,13H2/p+1. The van der Waals surface area contributed by atoms with E-state index in [2.05, 4.69) is 0 Å². The van der Waals surface area contributed by atoms with Crippen LogP contribution >= 0.6 is 7.72 Å².